The fraction of sp³-hybridized carbons (Fsp3) is 0.125. The predicted molar refractivity (Wildman–Crippen MR) is 76.6 cm³/mol. The van der Waals surface area contributed by atoms with Gasteiger partial charge in [0, 0.05) is 35.8 Å². The van der Waals surface area contributed by atoms with Crippen LogP contribution in [-0.2, 0) is 0 Å². The van der Waals surface area contributed by atoms with Crippen LogP contribution in [0.15, 0.2) is 29.3 Å². The van der Waals surface area contributed by atoms with Crippen LogP contribution in [-0.4, -0.2) is 20.0 Å². The third kappa shape index (κ3) is 4.29. The number of Topliss-reactive ketones (excluding diaryl/α,β-unsaturated/α-hetero) is 1. The Morgan fingerprint density at radius 1 is 1.00 bits per heavy atom. The van der Waals surface area contributed by atoms with Gasteiger partial charge in [-0.15, -0.1) is 0 Å². The van der Waals surface area contributed by atoms with Gasteiger partial charge in [-0.25, -0.2) is 21.0 Å². The monoisotopic (exact) mass is 328 g/mol. The summed E-state index contributed by atoms with van der Waals surface area (Å²) in [6.45, 7) is 0. The number of ether oxygens (including phenoxy) is 2. The predicted octanol–water partition coefficient (Wildman–Crippen LogP) is -1.14. The topological polar surface area (TPSA) is 131 Å². The molecule has 112 valence electrons. The molecule has 0 N–H and O–H groups in total. The molecule has 0 aliphatic heterocycles. The average Bonchev–Trinajstić information content (AvgIpc) is 2.60. The van der Waals surface area contributed by atoms with E-state index in [-0.39, 0.29) is 40.9 Å². The van der Waals surface area contributed by atoms with Crippen LogP contribution in [0, 0.1) is 51.2 Å². The van der Waals surface area contributed by atoms with Gasteiger partial charge in [-0.3, -0.25) is 0 Å². The van der Waals surface area contributed by atoms with Crippen molar-refractivity contribution in [2.45, 2.75) is 0 Å². The Morgan fingerprint density at radius 3 is 1.96 bits per heavy atom. The Bertz CT molecular complexity index is 805. The van der Waals surface area contributed by atoms with Crippen LogP contribution >= 0.6 is 0 Å². The summed E-state index contributed by atoms with van der Waals surface area (Å²) < 4.78 is 10.1. The fourth-order valence-corrected chi connectivity index (χ4v) is 1.75. The number of allylic oxidation sites excluding steroid dienone is 2. The maximum atomic E-state index is 12.6. The molecule has 8 heteroatoms. The van der Waals surface area contributed by atoms with Gasteiger partial charge in [-0.1, -0.05) is 11.6 Å². The molecule has 0 saturated heterocycles. The van der Waals surface area contributed by atoms with Crippen molar-refractivity contribution in [2.75, 3.05) is 14.2 Å². The summed E-state index contributed by atoms with van der Waals surface area (Å²) in [4.78, 5) is 12.6. The summed E-state index contributed by atoms with van der Waals surface area (Å²) in [6.07, 6.45) is 0. The average molecular weight is 328 g/mol. The van der Waals surface area contributed by atoms with E-state index in [1.807, 2.05) is 0 Å². The number of ketones is 1. The van der Waals surface area contributed by atoms with E-state index in [2.05, 4.69) is 0 Å². The van der Waals surface area contributed by atoms with Gasteiger partial charge >= 0.3 is 29.6 Å². The zero-order chi connectivity index (χ0) is 17.4. The van der Waals surface area contributed by atoms with Crippen molar-refractivity contribution in [3.05, 3.63) is 40.8 Å². The minimum Gasteiger partial charge on any atom is -0.493 e. The summed E-state index contributed by atoms with van der Waals surface area (Å²) >= 11 is 0. The fourth-order valence-electron chi connectivity index (χ4n) is 1.75. The van der Waals surface area contributed by atoms with Crippen molar-refractivity contribution < 1.29 is 43.8 Å². The molecule has 0 unspecified atom stereocenters. The van der Waals surface area contributed by atoms with Gasteiger partial charge in [0.2, 0.25) is 0 Å². The van der Waals surface area contributed by atoms with Crippen LogP contribution in [0.3, 0.4) is 0 Å². The molecule has 1 rings (SSSR count). The molecule has 0 heterocycles. The number of benzene rings is 1. The zero-order valence-electron chi connectivity index (χ0n) is 13.2. The molecule has 0 fully saturated rings. The van der Waals surface area contributed by atoms with Crippen LogP contribution in [0.2, 0.25) is 0 Å². The van der Waals surface area contributed by atoms with Crippen molar-refractivity contribution in [3.8, 4) is 35.8 Å². The van der Waals surface area contributed by atoms with E-state index >= 15 is 0 Å². The quantitative estimate of drug-likeness (QED) is 0.219. The number of methoxy groups -OCH3 is 2. The van der Waals surface area contributed by atoms with Gasteiger partial charge in [0.1, 0.15) is 0 Å². The first-order valence-electron chi connectivity index (χ1n) is 6.06. The van der Waals surface area contributed by atoms with Crippen molar-refractivity contribution >= 4 is 5.78 Å². The second-order valence-corrected chi connectivity index (χ2v) is 3.97. The molecular formula is C16H9N4NaO3. The van der Waals surface area contributed by atoms with Crippen molar-refractivity contribution in [1.82, 2.24) is 0 Å². The number of nitriles is 4. The summed E-state index contributed by atoms with van der Waals surface area (Å²) in [6, 6.07) is 10.3. The number of carbonyl (C=O) groups is 1. The second kappa shape index (κ2) is 9.95. The van der Waals surface area contributed by atoms with Gasteiger partial charge < -0.3 is 14.3 Å². The molecule has 0 aliphatic rings. The zero-order valence-corrected chi connectivity index (χ0v) is 15.2. The molecule has 24 heavy (non-hydrogen) atoms. The Kier molecular flexibility index (Phi) is 8.73. The molecule has 0 spiro atoms. The molecule has 0 radical (unpaired) electrons. The van der Waals surface area contributed by atoms with Crippen LogP contribution in [0.4, 0.5) is 0 Å². The Morgan fingerprint density at radius 2 is 1.54 bits per heavy atom. The van der Waals surface area contributed by atoms with E-state index in [0.29, 0.717) is 5.75 Å². The van der Waals surface area contributed by atoms with Gasteiger partial charge in [-0.05, 0) is 17.7 Å². The largest absolute Gasteiger partial charge is 1.00 e. The first-order chi connectivity index (χ1) is 11.1. The summed E-state index contributed by atoms with van der Waals surface area (Å²) in [5.74, 6) is -0.784. The maximum Gasteiger partial charge on any atom is 1.00 e. The van der Waals surface area contributed by atoms with E-state index in [9.17, 15) is 4.79 Å². The van der Waals surface area contributed by atoms with E-state index in [4.69, 9.17) is 30.5 Å². The van der Waals surface area contributed by atoms with Crippen molar-refractivity contribution in [2.24, 2.45) is 0 Å². The molecule has 0 atom stereocenters. The standard InChI is InChI=1S/C16H9N4O3.Na/c1-22-13-4-3-10(5-14(13)23-2)16(21)15(11(6-17)7-18)12(8-19)9-20;/h3-5H,1-2H3;/q-1;+1. The first-order valence-corrected chi connectivity index (χ1v) is 6.06. The third-order valence-corrected chi connectivity index (χ3v) is 2.82. The normalized spacial score (nSPS) is 8.08. The maximum absolute atomic E-state index is 12.6. The Labute approximate surface area is 161 Å². The third-order valence-electron chi connectivity index (χ3n) is 2.82. The molecule has 0 aliphatic carbocycles. The van der Waals surface area contributed by atoms with Gasteiger partial charge in [0.05, 0.1) is 20.0 Å². The summed E-state index contributed by atoms with van der Waals surface area (Å²) in [7, 11) is 2.80. The number of hydrogen-bond donors (Lipinski definition) is 0. The van der Waals surface area contributed by atoms with E-state index in [1.165, 1.54) is 56.7 Å². The van der Waals surface area contributed by atoms with E-state index < -0.39 is 22.8 Å². The van der Waals surface area contributed by atoms with E-state index in [1.54, 1.807) is 0 Å². The van der Waals surface area contributed by atoms with Crippen LogP contribution in [0.1, 0.15) is 10.4 Å². The Balaban J connectivity index is 0.00000529. The van der Waals surface area contributed by atoms with Crippen LogP contribution < -0.4 is 39.0 Å². The smallest absolute Gasteiger partial charge is 0.493 e. The minimum absolute atomic E-state index is 0. The molecule has 0 bridgehead atoms. The van der Waals surface area contributed by atoms with Gasteiger partial charge in [0.25, 0.3) is 0 Å². The number of hydrogen-bond acceptors (Lipinski definition) is 7. The molecule has 1 aromatic carbocycles. The SMILES string of the molecule is COc1ccc(C(=O)C(=C(C#N)C#N)[C-](C#N)C#N)cc1OC.[Na+]. The number of rotatable bonds is 5. The Hall–Kier alpha value is -2.94. The molecule has 0 aromatic heterocycles. The van der Waals surface area contributed by atoms with Crippen LogP contribution in [0.25, 0.3) is 0 Å². The molecular weight excluding hydrogens is 319 g/mol. The first kappa shape index (κ1) is 21.1. The van der Waals surface area contributed by atoms with Gasteiger partial charge in [0.15, 0.2) is 11.5 Å². The molecule has 7 nitrogen and oxygen atoms in total. The second-order valence-electron chi connectivity index (χ2n) is 3.97. The number of carbonyl (C=O) groups excluding carboxylic acids is 1. The number of nitrogens with zero attached hydrogens (tertiary/aromatic N) is 4. The summed E-state index contributed by atoms with van der Waals surface area (Å²) in [5, 5.41) is 35.8. The van der Waals surface area contributed by atoms with Crippen molar-refractivity contribution in [1.29, 1.82) is 21.0 Å². The van der Waals surface area contributed by atoms with Crippen LogP contribution in [0.5, 0.6) is 11.5 Å². The molecule has 0 amide bonds. The van der Waals surface area contributed by atoms with Gasteiger partial charge in [-0.2, -0.15) is 0 Å². The minimum atomic E-state index is -0.804. The molecule has 0 saturated carbocycles. The molecule has 1 aromatic rings. The summed E-state index contributed by atoms with van der Waals surface area (Å²) in [5.41, 5.74) is -1.10. The van der Waals surface area contributed by atoms with Crippen molar-refractivity contribution in [3.63, 3.8) is 0 Å². The van der Waals surface area contributed by atoms with E-state index in [0.717, 1.165) is 0 Å².